The summed E-state index contributed by atoms with van der Waals surface area (Å²) in [4.78, 5) is 11.3. The third-order valence-electron chi connectivity index (χ3n) is 4.29. The zero-order valence-electron chi connectivity index (χ0n) is 14.1. The topological polar surface area (TPSA) is 31.2 Å². The van der Waals surface area contributed by atoms with Crippen LogP contribution < -0.4 is 0 Å². The van der Waals surface area contributed by atoms with Crippen molar-refractivity contribution in [3.63, 3.8) is 0 Å². The van der Waals surface area contributed by atoms with E-state index < -0.39 is 0 Å². The highest BCUT2D eigenvalue weighted by Crippen LogP contribution is 2.28. The van der Waals surface area contributed by atoms with Crippen LogP contribution in [0.3, 0.4) is 0 Å². The van der Waals surface area contributed by atoms with Gasteiger partial charge in [-0.1, -0.05) is 43.0 Å². The van der Waals surface area contributed by atoms with Crippen LogP contribution in [-0.4, -0.2) is 17.1 Å². The van der Waals surface area contributed by atoms with Gasteiger partial charge in [-0.05, 0) is 38.3 Å². The first-order chi connectivity index (χ1) is 11.7. The van der Waals surface area contributed by atoms with Crippen LogP contribution in [0, 0.1) is 0 Å². The van der Waals surface area contributed by atoms with Crippen molar-refractivity contribution in [1.82, 2.24) is 4.57 Å². The van der Waals surface area contributed by atoms with E-state index in [4.69, 9.17) is 4.74 Å². The molecule has 0 spiro atoms. The number of unbranched alkanes of at least 4 members (excludes halogenated alkanes) is 2. The molecule has 0 bridgehead atoms. The molecule has 0 amide bonds. The van der Waals surface area contributed by atoms with Gasteiger partial charge in [-0.25, -0.2) is 4.79 Å². The number of para-hydroxylation sites is 2. The summed E-state index contributed by atoms with van der Waals surface area (Å²) >= 11 is 0. The largest absolute Gasteiger partial charge is 0.462 e. The summed E-state index contributed by atoms with van der Waals surface area (Å²) in [7, 11) is 0. The molecule has 3 aromatic rings. The maximum Gasteiger partial charge on any atom is 0.333 e. The van der Waals surface area contributed by atoms with E-state index in [0.29, 0.717) is 12.2 Å². The van der Waals surface area contributed by atoms with E-state index in [-0.39, 0.29) is 5.97 Å². The Morgan fingerprint density at radius 3 is 2.12 bits per heavy atom. The van der Waals surface area contributed by atoms with E-state index in [9.17, 15) is 4.79 Å². The number of fused-ring (bicyclic) bond motifs is 3. The SMILES string of the molecule is C=C(C)C(=O)OCCCCCn1c2ccccc2c2ccccc21. The Morgan fingerprint density at radius 1 is 0.958 bits per heavy atom. The molecule has 0 aliphatic heterocycles. The molecule has 0 N–H and O–H groups in total. The number of aromatic nitrogens is 1. The smallest absolute Gasteiger partial charge is 0.333 e. The minimum absolute atomic E-state index is 0.294. The Hall–Kier alpha value is -2.55. The predicted molar refractivity (Wildman–Crippen MR) is 99.1 cm³/mol. The number of hydrogen-bond acceptors (Lipinski definition) is 2. The Balaban J connectivity index is 1.63. The molecule has 0 atom stereocenters. The molecule has 0 radical (unpaired) electrons. The van der Waals surface area contributed by atoms with Crippen molar-refractivity contribution in [2.24, 2.45) is 0 Å². The number of aryl methyl sites for hydroxylation is 1. The van der Waals surface area contributed by atoms with Gasteiger partial charge in [0.1, 0.15) is 0 Å². The number of hydrogen-bond donors (Lipinski definition) is 0. The molecule has 3 nitrogen and oxygen atoms in total. The second kappa shape index (κ2) is 7.35. The fourth-order valence-electron chi connectivity index (χ4n) is 3.08. The van der Waals surface area contributed by atoms with Gasteiger partial charge in [0.2, 0.25) is 0 Å². The lowest BCUT2D eigenvalue weighted by Crippen LogP contribution is -2.06. The summed E-state index contributed by atoms with van der Waals surface area (Å²) in [5.74, 6) is -0.294. The Kier molecular flexibility index (Phi) is 4.99. The van der Waals surface area contributed by atoms with Crippen LogP contribution in [0.15, 0.2) is 60.7 Å². The van der Waals surface area contributed by atoms with E-state index in [1.54, 1.807) is 6.92 Å². The zero-order valence-corrected chi connectivity index (χ0v) is 14.1. The number of esters is 1. The van der Waals surface area contributed by atoms with E-state index in [1.165, 1.54) is 21.8 Å². The minimum atomic E-state index is -0.294. The molecule has 24 heavy (non-hydrogen) atoms. The molecule has 1 aromatic heterocycles. The average molecular weight is 321 g/mol. The number of rotatable bonds is 7. The van der Waals surface area contributed by atoms with Gasteiger partial charge in [0.05, 0.1) is 6.61 Å². The molecule has 2 aromatic carbocycles. The maximum atomic E-state index is 11.3. The second-order valence-electron chi connectivity index (χ2n) is 6.16. The molecule has 0 fully saturated rings. The van der Waals surface area contributed by atoms with Crippen LogP contribution >= 0.6 is 0 Å². The van der Waals surface area contributed by atoms with Crippen molar-refractivity contribution in [3.05, 3.63) is 60.7 Å². The Labute approximate surface area is 142 Å². The van der Waals surface area contributed by atoms with E-state index in [1.807, 2.05) is 0 Å². The number of carbonyl (C=O) groups excluding carboxylic acids is 1. The van der Waals surface area contributed by atoms with Crippen LogP contribution in [0.4, 0.5) is 0 Å². The summed E-state index contributed by atoms with van der Waals surface area (Å²) in [5, 5.41) is 2.62. The molecular weight excluding hydrogens is 298 g/mol. The maximum absolute atomic E-state index is 11.3. The van der Waals surface area contributed by atoms with Crippen LogP contribution in [0.2, 0.25) is 0 Å². The molecular formula is C21H23NO2. The molecule has 0 unspecified atom stereocenters. The first-order valence-corrected chi connectivity index (χ1v) is 8.47. The van der Waals surface area contributed by atoms with Gasteiger partial charge >= 0.3 is 5.97 Å². The summed E-state index contributed by atoms with van der Waals surface area (Å²) in [6, 6.07) is 17.1. The molecule has 0 saturated carbocycles. The van der Waals surface area contributed by atoms with Crippen molar-refractivity contribution >= 4 is 27.8 Å². The van der Waals surface area contributed by atoms with Crippen molar-refractivity contribution in [2.75, 3.05) is 6.61 Å². The Bertz CT molecular complexity index is 823. The van der Waals surface area contributed by atoms with Crippen LogP contribution in [0.1, 0.15) is 26.2 Å². The number of nitrogens with zero attached hydrogens (tertiary/aromatic N) is 1. The van der Waals surface area contributed by atoms with Crippen LogP contribution in [0.5, 0.6) is 0 Å². The van der Waals surface area contributed by atoms with Crippen molar-refractivity contribution in [2.45, 2.75) is 32.7 Å². The lowest BCUT2D eigenvalue weighted by Gasteiger charge is -2.08. The highest BCUT2D eigenvalue weighted by Gasteiger charge is 2.09. The van der Waals surface area contributed by atoms with Gasteiger partial charge in [-0.15, -0.1) is 0 Å². The monoisotopic (exact) mass is 321 g/mol. The predicted octanol–water partition coefficient (Wildman–Crippen LogP) is 5.08. The number of carbonyl (C=O) groups is 1. The lowest BCUT2D eigenvalue weighted by molar-refractivity contribution is -0.139. The molecule has 0 aliphatic rings. The quantitative estimate of drug-likeness (QED) is 0.345. The van der Waals surface area contributed by atoms with Crippen LogP contribution in [0.25, 0.3) is 21.8 Å². The van der Waals surface area contributed by atoms with Gasteiger partial charge in [0.15, 0.2) is 0 Å². The summed E-state index contributed by atoms with van der Waals surface area (Å²) in [6.07, 6.45) is 2.98. The van der Waals surface area contributed by atoms with Gasteiger partial charge in [0, 0.05) is 33.9 Å². The zero-order chi connectivity index (χ0) is 16.9. The van der Waals surface area contributed by atoms with Gasteiger partial charge in [-0.2, -0.15) is 0 Å². The second-order valence-corrected chi connectivity index (χ2v) is 6.16. The highest BCUT2D eigenvalue weighted by molar-refractivity contribution is 6.07. The average Bonchev–Trinajstić information content (AvgIpc) is 2.92. The molecule has 3 heteroatoms. The Morgan fingerprint density at radius 2 is 1.54 bits per heavy atom. The molecule has 1 heterocycles. The molecule has 0 saturated heterocycles. The fourth-order valence-corrected chi connectivity index (χ4v) is 3.08. The van der Waals surface area contributed by atoms with Crippen molar-refractivity contribution in [1.29, 1.82) is 0 Å². The first kappa shape index (κ1) is 16.3. The highest BCUT2D eigenvalue weighted by atomic mass is 16.5. The van der Waals surface area contributed by atoms with Crippen LogP contribution in [-0.2, 0) is 16.1 Å². The fraction of sp³-hybridized carbons (Fsp3) is 0.286. The third kappa shape index (κ3) is 3.35. The summed E-state index contributed by atoms with van der Waals surface area (Å²) in [6.45, 7) is 6.70. The van der Waals surface area contributed by atoms with Gasteiger partial charge in [0.25, 0.3) is 0 Å². The van der Waals surface area contributed by atoms with Gasteiger partial charge in [-0.3, -0.25) is 0 Å². The molecule has 0 aliphatic carbocycles. The summed E-state index contributed by atoms with van der Waals surface area (Å²) in [5.41, 5.74) is 3.03. The normalized spacial score (nSPS) is 11.0. The summed E-state index contributed by atoms with van der Waals surface area (Å²) < 4.78 is 7.53. The standard InChI is InChI=1S/C21H23NO2/c1-16(2)21(23)24-15-9-3-8-14-22-19-12-6-4-10-17(19)18-11-5-7-13-20(18)22/h4-7,10-13H,1,3,8-9,14-15H2,2H3. The van der Waals surface area contributed by atoms with E-state index >= 15 is 0 Å². The molecule has 124 valence electrons. The molecule has 3 rings (SSSR count). The first-order valence-electron chi connectivity index (χ1n) is 8.47. The van der Waals surface area contributed by atoms with E-state index in [2.05, 4.69) is 59.7 Å². The van der Waals surface area contributed by atoms with E-state index in [0.717, 1.165) is 25.8 Å². The number of benzene rings is 2. The minimum Gasteiger partial charge on any atom is -0.462 e. The van der Waals surface area contributed by atoms with Crippen molar-refractivity contribution in [3.8, 4) is 0 Å². The van der Waals surface area contributed by atoms with Gasteiger partial charge < -0.3 is 9.30 Å². The third-order valence-corrected chi connectivity index (χ3v) is 4.29. The number of ether oxygens (including phenoxy) is 1. The lowest BCUT2D eigenvalue weighted by atomic mass is 10.2. The van der Waals surface area contributed by atoms with Crippen molar-refractivity contribution < 1.29 is 9.53 Å².